The standard InChI is InChI=1S/C21H25N3O3/c1-23(2)14-17-8-4-3-7-16(17)13-22-20(25)15-24-18-9-5-6-10-19(18)27-12-11-21(24)26/h3-10H,11-15H2,1-2H3,(H,22,25). The summed E-state index contributed by atoms with van der Waals surface area (Å²) in [7, 11) is 4.03. The van der Waals surface area contributed by atoms with Crippen molar-refractivity contribution in [3.05, 3.63) is 59.7 Å². The van der Waals surface area contributed by atoms with Crippen LogP contribution in [0.1, 0.15) is 17.5 Å². The second-order valence-corrected chi connectivity index (χ2v) is 6.83. The summed E-state index contributed by atoms with van der Waals surface area (Å²) >= 11 is 0. The van der Waals surface area contributed by atoms with E-state index in [9.17, 15) is 9.59 Å². The maximum absolute atomic E-state index is 12.5. The third kappa shape index (κ3) is 4.86. The molecule has 0 unspecified atom stereocenters. The third-order valence-corrected chi connectivity index (χ3v) is 4.41. The lowest BCUT2D eigenvalue weighted by Gasteiger charge is -2.21. The Morgan fingerprint density at radius 1 is 1.11 bits per heavy atom. The second-order valence-electron chi connectivity index (χ2n) is 6.83. The van der Waals surface area contributed by atoms with E-state index in [0.717, 1.165) is 12.1 Å². The van der Waals surface area contributed by atoms with Crippen molar-refractivity contribution in [2.75, 3.05) is 32.1 Å². The van der Waals surface area contributed by atoms with Crippen LogP contribution in [0.15, 0.2) is 48.5 Å². The minimum Gasteiger partial charge on any atom is -0.491 e. The van der Waals surface area contributed by atoms with Crippen LogP contribution in [0.3, 0.4) is 0 Å². The quantitative estimate of drug-likeness (QED) is 0.850. The predicted molar refractivity (Wildman–Crippen MR) is 105 cm³/mol. The maximum atomic E-state index is 12.5. The summed E-state index contributed by atoms with van der Waals surface area (Å²) in [6.45, 7) is 1.55. The molecular formula is C21H25N3O3. The molecule has 0 atom stereocenters. The van der Waals surface area contributed by atoms with E-state index in [4.69, 9.17) is 4.74 Å². The highest BCUT2D eigenvalue weighted by molar-refractivity contribution is 6.00. The Bertz CT molecular complexity index is 820. The number of nitrogens with one attached hydrogen (secondary N) is 1. The van der Waals surface area contributed by atoms with Crippen LogP contribution in [0.4, 0.5) is 5.69 Å². The van der Waals surface area contributed by atoms with E-state index in [1.165, 1.54) is 10.5 Å². The summed E-state index contributed by atoms with van der Waals surface area (Å²) < 4.78 is 5.61. The number of nitrogens with zero attached hydrogens (tertiary/aromatic N) is 2. The average molecular weight is 367 g/mol. The lowest BCUT2D eigenvalue weighted by molar-refractivity contribution is -0.124. The van der Waals surface area contributed by atoms with E-state index in [-0.39, 0.29) is 24.8 Å². The van der Waals surface area contributed by atoms with Gasteiger partial charge in [-0.15, -0.1) is 0 Å². The minimum absolute atomic E-state index is 0.0188. The van der Waals surface area contributed by atoms with Crippen molar-refractivity contribution in [2.45, 2.75) is 19.5 Å². The van der Waals surface area contributed by atoms with E-state index in [0.29, 0.717) is 24.6 Å². The molecule has 0 aliphatic carbocycles. The molecule has 2 amide bonds. The summed E-state index contributed by atoms with van der Waals surface area (Å²) in [6.07, 6.45) is 0.258. The second kappa shape index (κ2) is 8.68. The van der Waals surface area contributed by atoms with Crippen LogP contribution < -0.4 is 15.0 Å². The first-order valence-corrected chi connectivity index (χ1v) is 9.05. The van der Waals surface area contributed by atoms with Crippen molar-refractivity contribution in [3.63, 3.8) is 0 Å². The highest BCUT2D eigenvalue weighted by Gasteiger charge is 2.24. The molecule has 0 radical (unpaired) electrons. The minimum atomic E-state index is -0.195. The number of ether oxygens (including phenoxy) is 1. The highest BCUT2D eigenvalue weighted by Crippen LogP contribution is 2.30. The zero-order valence-electron chi connectivity index (χ0n) is 15.8. The molecule has 1 aliphatic rings. The van der Waals surface area contributed by atoms with Gasteiger partial charge in [0.15, 0.2) is 0 Å². The molecule has 0 aromatic heterocycles. The molecule has 27 heavy (non-hydrogen) atoms. The van der Waals surface area contributed by atoms with Crippen LogP contribution in [0.25, 0.3) is 0 Å². The zero-order valence-corrected chi connectivity index (χ0v) is 15.8. The molecule has 0 bridgehead atoms. The molecule has 2 aromatic rings. The first-order chi connectivity index (χ1) is 13.0. The molecule has 6 nitrogen and oxygen atoms in total. The van der Waals surface area contributed by atoms with Gasteiger partial charge in [-0.25, -0.2) is 0 Å². The maximum Gasteiger partial charge on any atom is 0.240 e. The largest absolute Gasteiger partial charge is 0.491 e. The fourth-order valence-electron chi connectivity index (χ4n) is 3.11. The fourth-order valence-corrected chi connectivity index (χ4v) is 3.11. The Hall–Kier alpha value is -2.86. The van der Waals surface area contributed by atoms with Gasteiger partial charge >= 0.3 is 0 Å². The molecule has 0 saturated carbocycles. The summed E-state index contributed by atoms with van der Waals surface area (Å²) in [6, 6.07) is 15.3. The van der Waals surface area contributed by atoms with Gasteiger partial charge in [0.05, 0.1) is 18.7 Å². The van der Waals surface area contributed by atoms with Crippen LogP contribution >= 0.6 is 0 Å². The molecule has 0 spiro atoms. The van der Waals surface area contributed by atoms with Gasteiger partial charge in [-0.2, -0.15) is 0 Å². The SMILES string of the molecule is CN(C)Cc1ccccc1CNC(=O)CN1C(=O)CCOc2ccccc21. The van der Waals surface area contributed by atoms with Gasteiger partial charge in [0.1, 0.15) is 12.3 Å². The molecule has 0 saturated heterocycles. The molecule has 3 rings (SSSR count). The Labute approximate surface area is 159 Å². The van der Waals surface area contributed by atoms with Crippen molar-refractivity contribution >= 4 is 17.5 Å². The third-order valence-electron chi connectivity index (χ3n) is 4.41. The van der Waals surface area contributed by atoms with Gasteiger partial charge < -0.3 is 15.0 Å². The number of anilines is 1. The Morgan fingerprint density at radius 3 is 2.59 bits per heavy atom. The van der Waals surface area contributed by atoms with E-state index in [1.807, 2.05) is 50.5 Å². The van der Waals surface area contributed by atoms with E-state index < -0.39 is 0 Å². The molecular weight excluding hydrogens is 342 g/mol. The molecule has 6 heteroatoms. The van der Waals surface area contributed by atoms with Crippen LogP contribution in [-0.4, -0.2) is 44.0 Å². The molecule has 1 N–H and O–H groups in total. The van der Waals surface area contributed by atoms with Crippen LogP contribution in [0, 0.1) is 0 Å². The van der Waals surface area contributed by atoms with Crippen molar-refractivity contribution < 1.29 is 14.3 Å². The summed E-state index contributed by atoms with van der Waals surface area (Å²) in [5, 5.41) is 2.94. The number of fused-ring (bicyclic) bond motifs is 1. The summed E-state index contributed by atoms with van der Waals surface area (Å²) in [5.74, 6) is 0.329. The van der Waals surface area contributed by atoms with Crippen LogP contribution in [0.2, 0.25) is 0 Å². The monoisotopic (exact) mass is 367 g/mol. The van der Waals surface area contributed by atoms with Crippen molar-refractivity contribution in [3.8, 4) is 5.75 Å². The number of para-hydroxylation sites is 2. The van der Waals surface area contributed by atoms with Crippen molar-refractivity contribution in [1.82, 2.24) is 10.2 Å². The van der Waals surface area contributed by atoms with Gasteiger partial charge in [0, 0.05) is 13.1 Å². The van der Waals surface area contributed by atoms with E-state index in [2.05, 4.69) is 16.3 Å². The Morgan fingerprint density at radius 2 is 1.81 bits per heavy atom. The smallest absolute Gasteiger partial charge is 0.240 e. The number of rotatable bonds is 6. The van der Waals surface area contributed by atoms with Gasteiger partial charge in [-0.3, -0.25) is 14.5 Å². The Balaban J connectivity index is 1.67. The molecule has 1 heterocycles. The van der Waals surface area contributed by atoms with Crippen molar-refractivity contribution in [2.24, 2.45) is 0 Å². The molecule has 2 aromatic carbocycles. The zero-order chi connectivity index (χ0) is 19.2. The number of hydrogen-bond donors (Lipinski definition) is 1. The van der Waals surface area contributed by atoms with Gasteiger partial charge in [-0.05, 0) is 37.4 Å². The predicted octanol–water partition coefficient (Wildman–Crippen LogP) is 2.18. The number of carbonyl (C=O) groups excluding carboxylic acids is 2. The first kappa shape index (κ1) is 18.9. The number of hydrogen-bond acceptors (Lipinski definition) is 4. The number of benzene rings is 2. The summed E-state index contributed by atoms with van der Waals surface area (Å²) in [4.78, 5) is 28.5. The highest BCUT2D eigenvalue weighted by atomic mass is 16.5. The lowest BCUT2D eigenvalue weighted by Crippen LogP contribution is -2.40. The molecule has 142 valence electrons. The fraction of sp³-hybridized carbons (Fsp3) is 0.333. The summed E-state index contributed by atoms with van der Waals surface area (Å²) in [5.41, 5.74) is 2.89. The van der Waals surface area contributed by atoms with Gasteiger partial charge in [0.2, 0.25) is 11.8 Å². The van der Waals surface area contributed by atoms with Crippen LogP contribution in [-0.2, 0) is 22.7 Å². The van der Waals surface area contributed by atoms with Crippen molar-refractivity contribution in [1.29, 1.82) is 0 Å². The van der Waals surface area contributed by atoms with Gasteiger partial charge in [0.25, 0.3) is 0 Å². The number of amides is 2. The first-order valence-electron chi connectivity index (χ1n) is 9.05. The number of carbonyl (C=O) groups is 2. The molecule has 1 aliphatic heterocycles. The topological polar surface area (TPSA) is 61.9 Å². The average Bonchev–Trinajstić information content (AvgIpc) is 2.80. The van der Waals surface area contributed by atoms with E-state index in [1.54, 1.807) is 6.07 Å². The van der Waals surface area contributed by atoms with Gasteiger partial charge in [-0.1, -0.05) is 36.4 Å². The lowest BCUT2D eigenvalue weighted by atomic mass is 10.1. The Kier molecular flexibility index (Phi) is 6.08. The van der Waals surface area contributed by atoms with Crippen LogP contribution in [0.5, 0.6) is 5.75 Å². The molecule has 0 fully saturated rings. The normalized spacial score (nSPS) is 13.7. The van der Waals surface area contributed by atoms with E-state index >= 15 is 0 Å².